The van der Waals surface area contributed by atoms with E-state index in [-0.39, 0.29) is 23.9 Å². The van der Waals surface area contributed by atoms with E-state index >= 15 is 0 Å². The predicted octanol–water partition coefficient (Wildman–Crippen LogP) is 14.9. The van der Waals surface area contributed by atoms with Gasteiger partial charge in [0.05, 0.1) is 0 Å². The molecule has 0 amide bonds. The fraction of sp³-hybridized carbons (Fsp3) is 0.950. The molecule has 0 atom stereocenters. The first-order valence-corrected chi connectivity index (χ1v) is 20.1. The quantitative estimate of drug-likeness (QED) is 0.0444. The summed E-state index contributed by atoms with van der Waals surface area (Å²) in [7, 11) is 0. The van der Waals surface area contributed by atoms with E-state index in [1.807, 2.05) is 0 Å². The van der Waals surface area contributed by atoms with Crippen molar-refractivity contribution in [2.45, 2.75) is 235 Å². The molecule has 0 aliphatic rings. The van der Waals surface area contributed by atoms with Crippen LogP contribution in [0, 0.1) is 11.8 Å². The summed E-state index contributed by atoms with van der Waals surface area (Å²) in [6, 6.07) is 0. The Morgan fingerprint density at radius 2 is 0.395 bits per heavy atom. The second kappa shape index (κ2) is 55.9. The molecule has 0 aliphatic carbocycles. The van der Waals surface area contributed by atoms with E-state index in [0.29, 0.717) is 0 Å². The fourth-order valence-corrected chi connectivity index (χ4v) is 5.00. The fourth-order valence-electron chi connectivity index (χ4n) is 4.59. The van der Waals surface area contributed by atoms with E-state index in [0.717, 1.165) is 11.5 Å². The van der Waals surface area contributed by atoms with E-state index in [9.17, 15) is 0 Å². The Bertz CT molecular complexity index is 317. The standard InChI is InChI=1S/2C16H34S.2C4H9.Sn/c2*1-2-3-4-5-6-7-8-9-10-11-12-13-14-15-16-17;2*1-4(2)3;/h2*17H,2-16H2,1H3;2*1-3H3;/q;;;;+2/p-2. The summed E-state index contributed by atoms with van der Waals surface area (Å²) in [6.07, 6.45) is 40.0. The molecule has 0 aromatic carbocycles. The van der Waals surface area contributed by atoms with E-state index in [4.69, 9.17) is 25.3 Å². The molecular weight excluding hydrogens is 663 g/mol. The van der Waals surface area contributed by atoms with Crippen LogP contribution < -0.4 is 0 Å². The van der Waals surface area contributed by atoms with Crippen LogP contribution in [0.5, 0.6) is 0 Å². The van der Waals surface area contributed by atoms with Gasteiger partial charge in [-0.25, -0.2) is 0 Å². The van der Waals surface area contributed by atoms with Crippen molar-refractivity contribution in [3.63, 3.8) is 0 Å². The summed E-state index contributed by atoms with van der Waals surface area (Å²) in [5, 5.41) is 0. The van der Waals surface area contributed by atoms with Gasteiger partial charge in [-0.05, 0) is 11.8 Å². The van der Waals surface area contributed by atoms with Crippen LogP contribution in [0.4, 0.5) is 0 Å². The van der Waals surface area contributed by atoms with Crippen LogP contribution in [0.25, 0.3) is 0 Å². The minimum atomic E-state index is 0. The van der Waals surface area contributed by atoms with Crippen LogP contribution in [0.15, 0.2) is 0 Å². The minimum Gasteiger partial charge on any atom is -0.793 e. The molecule has 4 radical (unpaired) electrons. The van der Waals surface area contributed by atoms with Gasteiger partial charge < -0.3 is 25.3 Å². The van der Waals surface area contributed by atoms with Crippen LogP contribution in [-0.4, -0.2) is 35.4 Å². The Kier molecular flexibility index (Phi) is 70.1. The molecule has 0 aromatic heterocycles. The van der Waals surface area contributed by atoms with Crippen molar-refractivity contribution < 1.29 is 0 Å². The van der Waals surface area contributed by atoms with Gasteiger partial charge in [-0.15, -0.1) is 0 Å². The third-order valence-corrected chi connectivity index (χ3v) is 7.57. The van der Waals surface area contributed by atoms with Gasteiger partial charge in [0.15, 0.2) is 0 Å². The maximum atomic E-state index is 4.94. The van der Waals surface area contributed by atoms with Crippen LogP contribution in [-0.2, 0) is 25.3 Å². The Morgan fingerprint density at radius 3 is 0.512 bits per heavy atom. The average molecular weight is 748 g/mol. The maximum absolute atomic E-state index is 4.94. The number of rotatable bonds is 28. The first kappa shape index (κ1) is 54.0. The predicted molar refractivity (Wildman–Crippen MR) is 211 cm³/mol. The zero-order valence-corrected chi connectivity index (χ0v) is 36.0. The Balaban J connectivity index is -0.000000175. The van der Waals surface area contributed by atoms with Gasteiger partial charge >= 0.3 is 23.9 Å². The topological polar surface area (TPSA) is 0 Å². The van der Waals surface area contributed by atoms with Crippen molar-refractivity contribution in [2.75, 3.05) is 11.5 Å². The zero-order chi connectivity index (χ0) is 32.4. The first-order valence-electron chi connectivity index (χ1n) is 19.0. The summed E-state index contributed by atoms with van der Waals surface area (Å²) >= 11 is 9.88. The molecule has 260 valence electrons. The van der Waals surface area contributed by atoms with Crippen LogP contribution >= 0.6 is 0 Å². The van der Waals surface area contributed by atoms with Crippen molar-refractivity contribution in [3.8, 4) is 0 Å². The number of hydrogen-bond donors (Lipinski definition) is 0. The Hall–Kier alpha value is 1.50. The molecule has 0 bridgehead atoms. The molecule has 0 aromatic rings. The minimum absolute atomic E-state index is 0. The van der Waals surface area contributed by atoms with E-state index in [2.05, 4.69) is 55.4 Å². The van der Waals surface area contributed by atoms with E-state index in [1.54, 1.807) is 0 Å². The summed E-state index contributed by atoms with van der Waals surface area (Å²) in [5.41, 5.74) is 0. The van der Waals surface area contributed by atoms with Crippen LogP contribution in [0.3, 0.4) is 0 Å². The molecule has 0 aliphatic heterocycles. The Morgan fingerprint density at radius 1 is 0.279 bits per heavy atom. The van der Waals surface area contributed by atoms with Gasteiger partial charge in [-0.1, -0.05) is 235 Å². The van der Waals surface area contributed by atoms with Crippen molar-refractivity contribution in [3.05, 3.63) is 11.8 Å². The van der Waals surface area contributed by atoms with Crippen molar-refractivity contribution in [2.24, 2.45) is 0 Å². The average Bonchev–Trinajstić information content (AvgIpc) is 2.94. The van der Waals surface area contributed by atoms with Gasteiger partial charge in [0.25, 0.3) is 0 Å². The molecule has 0 heterocycles. The first-order chi connectivity index (χ1) is 20.3. The van der Waals surface area contributed by atoms with Gasteiger partial charge in [0.2, 0.25) is 0 Å². The van der Waals surface area contributed by atoms with Crippen LogP contribution in [0.2, 0.25) is 0 Å². The second-order valence-corrected chi connectivity index (χ2v) is 14.4. The molecule has 0 nitrogen and oxygen atoms in total. The summed E-state index contributed by atoms with van der Waals surface area (Å²) in [4.78, 5) is 0. The molecule has 0 fully saturated rings. The van der Waals surface area contributed by atoms with Gasteiger partial charge in [-0.2, -0.15) is 11.5 Å². The maximum Gasteiger partial charge on any atom is 2.00 e. The summed E-state index contributed by atoms with van der Waals surface area (Å²) in [6.45, 7) is 17.1. The van der Waals surface area contributed by atoms with Gasteiger partial charge in [-0.3, -0.25) is 0 Å². The van der Waals surface area contributed by atoms with Crippen molar-refractivity contribution in [1.82, 2.24) is 0 Å². The normalized spacial score (nSPS) is 10.3. The Labute approximate surface area is 305 Å². The van der Waals surface area contributed by atoms with E-state index < -0.39 is 0 Å². The molecular formula is C40H84S2Sn. The van der Waals surface area contributed by atoms with Crippen LogP contribution in [0.1, 0.15) is 235 Å². The molecule has 0 spiro atoms. The number of hydrogen-bond acceptors (Lipinski definition) is 2. The molecule has 3 heteroatoms. The number of unbranched alkanes of at least 4 members (excludes halogenated alkanes) is 26. The van der Waals surface area contributed by atoms with E-state index in [1.165, 1.54) is 192 Å². The SMILES string of the molecule is CCCCCCCCCCCCCCCC[S-].CCCCCCCCCCCCCCCC[S-].C[C](C)C.C[C](C)C.[Sn+2]. The summed E-state index contributed by atoms with van der Waals surface area (Å²) < 4.78 is 0. The molecule has 0 saturated heterocycles. The van der Waals surface area contributed by atoms with Gasteiger partial charge in [0.1, 0.15) is 0 Å². The second-order valence-electron chi connectivity index (χ2n) is 13.6. The molecule has 0 unspecified atom stereocenters. The molecule has 0 rings (SSSR count). The van der Waals surface area contributed by atoms with Crippen molar-refractivity contribution >= 4 is 49.2 Å². The third kappa shape index (κ3) is 86.1. The molecule has 0 N–H and O–H groups in total. The molecule has 0 saturated carbocycles. The smallest absolute Gasteiger partial charge is 0.793 e. The summed E-state index contributed by atoms with van der Waals surface area (Å²) in [5.74, 6) is 4.75. The third-order valence-electron chi connectivity index (χ3n) is 7.00. The monoisotopic (exact) mass is 749 g/mol. The van der Waals surface area contributed by atoms with Gasteiger partial charge in [0, 0.05) is 0 Å². The largest absolute Gasteiger partial charge is 2.00 e. The molecule has 43 heavy (non-hydrogen) atoms. The zero-order valence-electron chi connectivity index (χ0n) is 31.5. The van der Waals surface area contributed by atoms with Crippen molar-refractivity contribution in [1.29, 1.82) is 0 Å².